The minimum absolute atomic E-state index is 0.00131. The number of allylic oxidation sites excluding steroid dienone is 1. The van der Waals surface area contributed by atoms with Crippen molar-refractivity contribution in [1.29, 1.82) is 0 Å². The smallest absolute Gasteiger partial charge is 0.347 e. The lowest BCUT2D eigenvalue weighted by atomic mass is 10.1. The van der Waals surface area contributed by atoms with Crippen molar-refractivity contribution in [3.05, 3.63) is 161 Å². The topological polar surface area (TPSA) is 95.3 Å². The van der Waals surface area contributed by atoms with E-state index < -0.39 is 24.9 Å². The lowest BCUT2D eigenvalue weighted by molar-refractivity contribution is -0.135. The highest BCUT2D eigenvalue weighted by Crippen LogP contribution is 2.56. The van der Waals surface area contributed by atoms with Crippen molar-refractivity contribution in [1.82, 2.24) is 0 Å². The molecule has 0 saturated carbocycles. The van der Waals surface area contributed by atoms with Crippen molar-refractivity contribution in [2.24, 2.45) is 0 Å². The summed E-state index contributed by atoms with van der Waals surface area (Å²) in [5.74, 6) is -0.442. The first-order valence-electron chi connectivity index (χ1n) is 17.5. The average molecular weight is 727 g/mol. The van der Waals surface area contributed by atoms with Gasteiger partial charge in [0, 0.05) is 30.2 Å². The first-order chi connectivity index (χ1) is 25.9. The molecule has 9 heteroatoms. The van der Waals surface area contributed by atoms with Gasteiger partial charge >= 0.3 is 11.6 Å². The number of esters is 1. The summed E-state index contributed by atoms with van der Waals surface area (Å²) in [6.45, 7) is 5.87. The Bertz CT molecular complexity index is 2170. The van der Waals surface area contributed by atoms with Gasteiger partial charge in [-0.3, -0.25) is 9.59 Å². The third-order valence-electron chi connectivity index (χ3n) is 8.90. The number of carbonyl (C=O) groups excluding carboxylic acids is 2. The van der Waals surface area contributed by atoms with Crippen LogP contribution in [0.3, 0.4) is 0 Å². The van der Waals surface area contributed by atoms with Crippen molar-refractivity contribution >= 4 is 57.9 Å². The molecule has 0 aliphatic heterocycles. The Morgan fingerprint density at radius 3 is 1.91 bits per heavy atom. The maximum Gasteiger partial charge on any atom is 0.347 e. The number of hydrogen-bond donors (Lipinski definition) is 0. The quantitative estimate of drug-likeness (QED) is 0.0265. The number of carbonyl (C=O) groups is 2. The first kappa shape index (κ1) is 37.0. The Morgan fingerprint density at radius 1 is 0.736 bits per heavy atom. The van der Waals surface area contributed by atoms with Crippen molar-refractivity contribution < 1.29 is 28.0 Å². The molecular formula is C44H41NO7P+. The van der Waals surface area contributed by atoms with Crippen LogP contribution in [0.25, 0.3) is 17.0 Å². The second-order valence-corrected chi connectivity index (χ2v) is 15.1. The zero-order chi connectivity index (χ0) is 37.2. The van der Waals surface area contributed by atoms with Gasteiger partial charge in [0.05, 0.1) is 13.5 Å². The summed E-state index contributed by atoms with van der Waals surface area (Å²) < 4.78 is 23.6. The molecule has 5 aromatic carbocycles. The van der Waals surface area contributed by atoms with Crippen LogP contribution in [0.2, 0.25) is 0 Å². The van der Waals surface area contributed by atoms with Gasteiger partial charge < -0.3 is 18.8 Å². The van der Waals surface area contributed by atoms with Gasteiger partial charge in [-0.1, -0.05) is 66.7 Å². The number of fused-ring (bicyclic) bond motifs is 1. The van der Waals surface area contributed by atoms with Crippen LogP contribution < -0.4 is 35.9 Å². The predicted octanol–water partition coefficient (Wildman–Crippen LogP) is 7.77. The van der Waals surface area contributed by atoms with Crippen LogP contribution in [0.4, 0.5) is 5.69 Å². The molecule has 0 aliphatic rings. The molecule has 0 fully saturated rings. The number of methoxy groups -OCH3 is 1. The van der Waals surface area contributed by atoms with E-state index >= 15 is 0 Å². The summed E-state index contributed by atoms with van der Waals surface area (Å²) in [6.07, 6.45) is 2.87. The summed E-state index contributed by atoms with van der Waals surface area (Å²) in [6, 6.07) is 42.4. The van der Waals surface area contributed by atoms with E-state index in [4.69, 9.17) is 18.4 Å². The lowest BCUT2D eigenvalue weighted by Gasteiger charge is -2.25. The highest BCUT2D eigenvalue weighted by Gasteiger charge is 2.48. The van der Waals surface area contributed by atoms with Crippen LogP contribution in [-0.4, -0.2) is 38.6 Å². The number of rotatable bonds is 15. The second-order valence-electron chi connectivity index (χ2n) is 12.1. The van der Waals surface area contributed by atoms with E-state index in [-0.39, 0.29) is 24.3 Å². The van der Waals surface area contributed by atoms with Gasteiger partial charge in [0.1, 0.15) is 33.7 Å². The number of nitrogens with zero attached hydrogens (tertiary/aromatic N) is 1. The van der Waals surface area contributed by atoms with Gasteiger partial charge in [0.2, 0.25) is 7.49 Å². The summed E-state index contributed by atoms with van der Waals surface area (Å²) >= 11 is 0. The molecule has 6 rings (SSSR count). The summed E-state index contributed by atoms with van der Waals surface area (Å²) in [5, 5.41) is 3.78. The molecular weight excluding hydrogens is 685 g/mol. The van der Waals surface area contributed by atoms with Crippen LogP contribution in [0, 0.1) is 0 Å². The Hall–Kier alpha value is -5.82. The average Bonchev–Trinajstić information content (AvgIpc) is 3.20. The molecule has 0 radical (unpaired) electrons. The molecule has 0 spiro atoms. The van der Waals surface area contributed by atoms with E-state index in [2.05, 4.69) is 55.1 Å². The Morgan fingerprint density at radius 2 is 1.34 bits per heavy atom. The van der Waals surface area contributed by atoms with E-state index in [0.29, 0.717) is 22.3 Å². The summed E-state index contributed by atoms with van der Waals surface area (Å²) in [7, 11) is -1.10. The van der Waals surface area contributed by atoms with Crippen molar-refractivity contribution in [3.8, 4) is 11.5 Å². The van der Waals surface area contributed by atoms with Crippen molar-refractivity contribution in [2.45, 2.75) is 20.3 Å². The van der Waals surface area contributed by atoms with Gasteiger partial charge in [0.15, 0.2) is 17.3 Å². The molecule has 268 valence electrons. The normalized spacial score (nSPS) is 11.5. The van der Waals surface area contributed by atoms with Crippen molar-refractivity contribution in [2.75, 3.05) is 31.7 Å². The Kier molecular flexibility index (Phi) is 11.9. The maximum atomic E-state index is 13.2. The van der Waals surface area contributed by atoms with Gasteiger partial charge in [-0.05, 0) is 92.2 Å². The molecule has 1 heterocycles. The standard InChI is InChI=1S/C44H41NO7P/c1-4-45(5-2)34-24-23-33-30-38(44(48)52-41(33)31-34)39(46)25-21-32-22-26-40(42(29-32)49-3)51-43(47)27-28-50-53(35-15-9-6-10-16-35,36-17-11-7-12-18-36)37-19-13-8-14-20-37/h6-26,29-31H,4-5,27-28H2,1-3H3/q+1/b25-21+. The Labute approximate surface area is 309 Å². The SMILES string of the molecule is CCN(CC)c1ccc2cc(C(=O)/C=C/c3ccc(OC(=O)CCO[P+](c4ccccc4)(c4ccccc4)c4ccccc4)c(OC)c3)c(=O)oc2c1. The molecule has 8 nitrogen and oxygen atoms in total. The third-order valence-corrected chi connectivity index (χ3v) is 12.5. The monoisotopic (exact) mass is 726 g/mol. The van der Waals surface area contributed by atoms with Gasteiger partial charge in [-0.2, -0.15) is 0 Å². The largest absolute Gasteiger partial charge is 0.493 e. The highest BCUT2D eigenvalue weighted by atomic mass is 31.2. The first-order valence-corrected chi connectivity index (χ1v) is 19.2. The number of anilines is 1. The van der Waals surface area contributed by atoms with Crippen LogP contribution in [0.1, 0.15) is 36.2 Å². The van der Waals surface area contributed by atoms with Crippen LogP contribution >= 0.6 is 7.49 Å². The zero-order valence-electron chi connectivity index (χ0n) is 29.9. The molecule has 0 aliphatic carbocycles. The summed E-state index contributed by atoms with van der Waals surface area (Å²) in [4.78, 5) is 41.2. The van der Waals surface area contributed by atoms with Crippen molar-refractivity contribution in [3.63, 3.8) is 0 Å². The molecule has 0 unspecified atom stereocenters. The predicted molar refractivity (Wildman–Crippen MR) is 214 cm³/mol. The molecule has 0 N–H and O–H groups in total. The lowest BCUT2D eigenvalue weighted by Crippen LogP contribution is -2.33. The summed E-state index contributed by atoms with van der Waals surface area (Å²) in [5.41, 5.74) is 1.20. The van der Waals surface area contributed by atoms with E-state index in [1.54, 1.807) is 30.3 Å². The van der Waals surface area contributed by atoms with E-state index in [0.717, 1.165) is 34.7 Å². The molecule has 0 amide bonds. The van der Waals surface area contributed by atoms with Crippen LogP contribution in [-0.2, 0) is 9.32 Å². The zero-order valence-corrected chi connectivity index (χ0v) is 30.8. The van der Waals surface area contributed by atoms with Gasteiger partial charge in [-0.25, -0.2) is 9.32 Å². The second kappa shape index (κ2) is 17.1. The molecule has 53 heavy (non-hydrogen) atoms. The third kappa shape index (κ3) is 8.30. The maximum absolute atomic E-state index is 13.2. The molecule has 0 atom stereocenters. The number of benzene rings is 5. The van der Waals surface area contributed by atoms with Gasteiger partial charge in [0.25, 0.3) is 0 Å². The minimum atomic E-state index is -2.57. The molecule has 1 aromatic heterocycles. The fraction of sp³-hybridized carbons (Fsp3) is 0.159. The molecule has 6 aromatic rings. The fourth-order valence-corrected chi connectivity index (χ4v) is 9.70. The van der Waals surface area contributed by atoms with E-state index in [1.807, 2.05) is 72.8 Å². The molecule has 0 bridgehead atoms. The van der Waals surface area contributed by atoms with Crippen LogP contribution in [0.5, 0.6) is 11.5 Å². The molecule has 0 saturated heterocycles. The fourth-order valence-electron chi connectivity index (χ4n) is 6.22. The minimum Gasteiger partial charge on any atom is -0.493 e. The highest BCUT2D eigenvalue weighted by molar-refractivity contribution is 7.91. The Balaban J connectivity index is 1.15. The van der Waals surface area contributed by atoms with Crippen LogP contribution in [0.15, 0.2) is 149 Å². The number of ether oxygens (including phenoxy) is 2. The number of hydrogen-bond acceptors (Lipinski definition) is 8. The van der Waals surface area contributed by atoms with E-state index in [1.165, 1.54) is 13.2 Å². The van der Waals surface area contributed by atoms with Gasteiger partial charge in [-0.15, -0.1) is 0 Å². The van der Waals surface area contributed by atoms with E-state index in [9.17, 15) is 14.4 Å². The number of ketones is 1.